The number of benzene rings is 1. The summed E-state index contributed by atoms with van der Waals surface area (Å²) in [7, 11) is 2.11. The van der Waals surface area contributed by atoms with Crippen molar-refractivity contribution in [1.82, 2.24) is 0 Å². The average Bonchev–Trinajstić information content (AvgIpc) is 2.91. The van der Waals surface area contributed by atoms with Crippen molar-refractivity contribution in [3.05, 3.63) is 53.9 Å². The van der Waals surface area contributed by atoms with Crippen LogP contribution in [-0.4, -0.2) is 20.2 Å². The van der Waals surface area contributed by atoms with Gasteiger partial charge in [0.15, 0.2) is 12.7 Å². The van der Waals surface area contributed by atoms with E-state index >= 15 is 0 Å². The third kappa shape index (κ3) is 2.19. The smallest absolute Gasteiger partial charge is 0.208 e. The normalized spacial score (nSPS) is 18.3. The molecule has 2 aromatic rings. The van der Waals surface area contributed by atoms with Gasteiger partial charge in [-0.25, -0.2) is 0 Å². The van der Waals surface area contributed by atoms with Crippen LogP contribution in [-0.2, 0) is 6.54 Å². The second-order valence-corrected chi connectivity index (χ2v) is 5.70. The number of aryl methyl sites for hydroxylation is 1. The molecule has 0 fully saturated rings. The summed E-state index contributed by atoms with van der Waals surface area (Å²) in [4.78, 5) is 2.25. The van der Waals surface area contributed by atoms with Crippen molar-refractivity contribution < 1.29 is 9.30 Å². The number of pyridine rings is 1. The van der Waals surface area contributed by atoms with Crippen LogP contribution in [0.2, 0.25) is 0 Å². The summed E-state index contributed by atoms with van der Waals surface area (Å²) in [6.07, 6.45) is 5.54. The Kier molecular flexibility index (Phi) is 2.92. The zero-order chi connectivity index (χ0) is 14.2. The maximum absolute atomic E-state index is 5.79. The van der Waals surface area contributed by atoms with E-state index in [4.69, 9.17) is 4.74 Å². The largest absolute Gasteiger partial charge is 0.490 e. The molecule has 4 rings (SSSR count). The highest BCUT2D eigenvalue weighted by Crippen LogP contribution is 2.33. The van der Waals surface area contributed by atoms with Crippen molar-refractivity contribution in [3.8, 4) is 5.75 Å². The number of hydrogen-bond donors (Lipinski definition) is 0. The molecule has 0 saturated carbocycles. The maximum atomic E-state index is 5.79. The van der Waals surface area contributed by atoms with Gasteiger partial charge in [-0.2, -0.15) is 4.57 Å². The SMILES string of the molecule is CN1CCOc2cc(C=C3CC[n+]4ccccc43)ccc21. The number of likely N-dealkylation sites (N-methyl/N-ethyl adjacent to an activating group) is 1. The van der Waals surface area contributed by atoms with E-state index in [1.54, 1.807) is 0 Å². The van der Waals surface area contributed by atoms with Crippen LogP contribution in [0.3, 0.4) is 0 Å². The minimum atomic E-state index is 0.766. The van der Waals surface area contributed by atoms with Gasteiger partial charge in [0.25, 0.3) is 0 Å². The van der Waals surface area contributed by atoms with Crippen LogP contribution in [0.25, 0.3) is 11.6 Å². The lowest BCUT2D eigenvalue weighted by atomic mass is 10.1. The predicted molar refractivity (Wildman–Crippen MR) is 84.3 cm³/mol. The van der Waals surface area contributed by atoms with E-state index in [0.29, 0.717) is 0 Å². The zero-order valence-corrected chi connectivity index (χ0v) is 12.2. The first-order chi connectivity index (χ1) is 10.3. The number of anilines is 1. The van der Waals surface area contributed by atoms with Gasteiger partial charge in [-0.1, -0.05) is 6.07 Å². The third-order valence-electron chi connectivity index (χ3n) is 4.31. The van der Waals surface area contributed by atoms with Crippen molar-refractivity contribution in [3.63, 3.8) is 0 Å². The first kappa shape index (κ1) is 12.5. The molecule has 3 nitrogen and oxygen atoms in total. The number of rotatable bonds is 1. The van der Waals surface area contributed by atoms with Gasteiger partial charge in [0.2, 0.25) is 5.69 Å². The third-order valence-corrected chi connectivity index (χ3v) is 4.31. The molecular formula is C18H19N2O+. The average molecular weight is 279 g/mol. The fourth-order valence-corrected chi connectivity index (χ4v) is 3.14. The van der Waals surface area contributed by atoms with Gasteiger partial charge >= 0.3 is 0 Å². The summed E-state index contributed by atoms with van der Waals surface area (Å²) in [6, 6.07) is 12.9. The van der Waals surface area contributed by atoms with Gasteiger partial charge in [-0.3, -0.25) is 0 Å². The predicted octanol–water partition coefficient (Wildman–Crippen LogP) is 2.75. The van der Waals surface area contributed by atoms with Gasteiger partial charge < -0.3 is 9.64 Å². The van der Waals surface area contributed by atoms with E-state index < -0.39 is 0 Å². The number of nitrogens with zero attached hydrogens (tertiary/aromatic N) is 2. The standard InChI is InChI=1S/C18H19N2O/c1-19-10-11-21-18-13-14(5-6-17(18)19)12-15-7-9-20-8-3-2-4-16(15)20/h2-6,8,12-13H,7,9-11H2,1H3/q+1. The highest BCUT2D eigenvalue weighted by Gasteiger charge is 2.23. The fraction of sp³-hybridized carbons (Fsp3) is 0.278. The molecule has 0 spiro atoms. The fourth-order valence-electron chi connectivity index (χ4n) is 3.14. The Labute approximate surface area is 125 Å². The Bertz CT molecular complexity index is 721. The van der Waals surface area contributed by atoms with Gasteiger partial charge in [0, 0.05) is 31.2 Å². The molecule has 0 saturated heterocycles. The second-order valence-electron chi connectivity index (χ2n) is 5.70. The Balaban J connectivity index is 1.71. The molecule has 0 aliphatic carbocycles. The first-order valence-corrected chi connectivity index (χ1v) is 7.49. The number of fused-ring (bicyclic) bond motifs is 2. The molecule has 1 aromatic carbocycles. The molecule has 0 atom stereocenters. The van der Waals surface area contributed by atoms with E-state index in [-0.39, 0.29) is 0 Å². The van der Waals surface area contributed by atoms with Crippen molar-refractivity contribution >= 4 is 17.3 Å². The van der Waals surface area contributed by atoms with Gasteiger partial charge in [-0.15, -0.1) is 0 Å². The summed E-state index contributed by atoms with van der Waals surface area (Å²) >= 11 is 0. The molecule has 0 amide bonds. The molecule has 0 radical (unpaired) electrons. The van der Waals surface area contributed by atoms with Crippen LogP contribution in [0.15, 0.2) is 42.6 Å². The molecule has 3 heterocycles. The topological polar surface area (TPSA) is 16.4 Å². The van der Waals surface area contributed by atoms with Crippen LogP contribution in [0.1, 0.15) is 17.7 Å². The Morgan fingerprint density at radius 3 is 3.14 bits per heavy atom. The summed E-state index contributed by atoms with van der Waals surface area (Å²) in [5.41, 5.74) is 5.13. The second kappa shape index (κ2) is 4.92. The Morgan fingerprint density at radius 2 is 2.19 bits per heavy atom. The summed E-state index contributed by atoms with van der Waals surface area (Å²) in [5, 5.41) is 0. The number of hydrogen-bond acceptors (Lipinski definition) is 2. The number of allylic oxidation sites excluding steroid dienone is 1. The summed E-state index contributed by atoms with van der Waals surface area (Å²) in [5.74, 6) is 0.997. The van der Waals surface area contributed by atoms with E-state index in [9.17, 15) is 0 Å². The van der Waals surface area contributed by atoms with E-state index in [1.165, 1.54) is 22.5 Å². The number of ether oxygens (including phenoxy) is 1. The number of aromatic nitrogens is 1. The maximum Gasteiger partial charge on any atom is 0.208 e. The van der Waals surface area contributed by atoms with E-state index in [2.05, 4.69) is 65.2 Å². The quantitative estimate of drug-likeness (QED) is 0.746. The first-order valence-electron chi connectivity index (χ1n) is 7.49. The summed E-state index contributed by atoms with van der Waals surface area (Å²) in [6.45, 7) is 2.80. The molecule has 1 aromatic heterocycles. The molecule has 21 heavy (non-hydrogen) atoms. The monoisotopic (exact) mass is 279 g/mol. The molecule has 106 valence electrons. The van der Waals surface area contributed by atoms with E-state index in [0.717, 1.165) is 31.9 Å². The van der Waals surface area contributed by atoms with Gasteiger partial charge in [-0.05, 0) is 29.8 Å². The molecular weight excluding hydrogens is 260 g/mol. The van der Waals surface area contributed by atoms with E-state index in [1.807, 2.05) is 0 Å². The van der Waals surface area contributed by atoms with Crippen molar-refractivity contribution in [2.24, 2.45) is 0 Å². The molecule has 0 unspecified atom stereocenters. The van der Waals surface area contributed by atoms with Crippen LogP contribution in [0.5, 0.6) is 5.75 Å². The minimum Gasteiger partial charge on any atom is -0.490 e. The molecule has 3 heteroatoms. The Hall–Kier alpha value is -2.29. The molecule has 2 aliphatic heterocycles. The van der Waals surface area contributed by atoms with Crippen LogP contribution in [0, 0.1) is 0 Å². The van der Waals surface area contributed by atoms with Crippen molar-refractivity contribution in [2.45, 2.75) is 13.0 Å². The minimum absolute atomic E-state index is 0.766. The van der Waals surface area contributed by atoms with Crippen molar-refractivity contribution in [1.29, 1.82) is 0 Å². The van der Waals surface area contributed by atoms with Crippen LogP contribution in [0.4, 0.5) is 5.69 Å². The van der Waals surface area contributed by atoms with Crippen molar-refractivity contribution in [2.75, 3.05) is 25.1 Å². The molecule has 2 aliphatic rings. The zero-order valence-electron chi connectivity index (χ0n) is 12.2. The van der Waals surface area contributed by atoms with Gasteiger partial charge in [0.1, 0.15) is 12.4 Å². The Morgan fingerprint density at radius 1 is 1.24 bits per heavy atom. The lowest BCUT2D eigenvalue weighted by Gasteiger charge is -2.27. The molecule has 0 N–H and O–H groups in total. The molecule has 0 bridgehead atoms. The van der Waals surface area contributed by atoms with Crippen LogP contribution < -0.4 is 14.2 Å². The lowest BCUT2D eigenvalue weighted by molar-refractivity contribution is -0.689. The highest BCUT2D eigenvalue weighted by molar-refractivity contribution is 5.81. The summed E-state index contributed by atoms with van der Waals surface area (Å²) < 4.78 is 8.11. The lowest BCUT2D eigenvalue weighted by Crippen LogP contribution is -2.31. The van der Waals surface area contributed by atoms with Crippen LogP contribution >= 0.6 is 0 Å². The van der Waals surface area contributed by atoms with Gasteiger partial charge in [0.05, 0.1) is 12.2 Å². The highest BCUT2D eigenvalue weighted by atomic mass is 16.5.